The Morgan fingerprint density at radius 3 is 3.05 bits per heavy atom. The molecule has 2 heterocycles. The van der Waals surface area contributed by atoms with E-state index in [2.05, 4.69) is 10.3 Å². The number of nitrogens with zero attached hydrogens (tertiary/aromatic N) is 2. The normalized spacial score (nSPS) is 19.0. The lowest BCUT2D eigenvalue weighted by Gasteiger charge is -2.28. The number of amides is 1. The van der Waals surface area contributed by atoms with Gasteiger partial charge in [-0.3, -0.25) is 0 Å². The van der Waals surface area contributed by atoms with E-state index < -0.39 is 5.60 Å². The number of hydrogen-bond acceptors (Lipinski definition) is 5. The van der Waals surface area contributed by atoms with Crippen LogP contribution in [-0.2, 0) is 11.2 Å². The molecular weight excluding hydrogens is 286 g/mol. The van der Waals surface area contributed by atoms with E-state index in [0.717, 1.165) is 43.9 Å². The van der Waals surface area contributed by atoms with Crippen LogP contribution >= 0.6 is 11.3 Å². The largest absolute Gasteiger partial charge is 0.444 e. The molecule has 1 saturated heterocycles. The van der Waals surface area contributed by atoms with Crippen molar-refractivity contribution in [3.05, 3.63) is 16.6 Å². The summed E-state index contributed by atoms with van der Waals surface area (Å²) in [6.45, 7) is 8.23. The van der Waals surface area contributed by atoms with Crippen molar-refractivity contribution in [2.45, 2.75) is 51.7 Å². The monoisotopic (exact) mass is 311 g/mol. The maximum Gasteiger partial charge on any atom is 0.410 e. The van der Waals surface area contributed by atoms with Crippen molar-refractivity contribution in [2.24, 2.45) is 0 Å². The van der Waals surface area contributed by atoms with Crippen molar-refractivity contribution >= 4 is 17.4 Å². The highest BCUT2D eigenvalue weighted by Gasteiger charge is 2.31. The average molecular weight is 311 g/mol. The second kappa shape index (κ2) is 7.22. The van der Waals surface area contributed by atoms with Crippen molar-refractivity contribution in [2.75, 3.05) is 19.6 Å². The van der Waals surface area contributed by atoms with Crippen molar-refractivity contribution in [1.82, 2.24) is 15.2 Å². The molecule has 1 atom stereocenters. The van der Waals surface area contributed by atoms with Gasteiger partial charge in [-0.05, 0) is 33.6 Å². The molecule has 1 aliphatic heterocycles. The van der Waals surface area contributed by atoms with Crippen LogP contribution in [0.3, 0.4) is 0 Å². The fourth-order valence-electron chi connectivity index (χ4n) is 2.45. The zero-order valence-corrected chi connectivity index (χ0v) is 13.9. The number of hydrogen-bond donors (Lipinski definition) is 1. The molecule has 1 unspecified atom stereocenters. The molecule has 1 aliphatic rings. The molecule has 1 amide bonds. The van der Waals surface area contributed by atoms with Crippen LogP contribution in [0.25, 0.3) is 0 Å². The second-order valence-corrected chi connectivity index (χ2v) is 7.33. The first-order chi connectivity index (χ1) is 9.96. The molecule has 0 radical (unpaired) electrons. The predicted octanol–water partition coefficient (Wildman–Crippen LogP) is 2.67. The number of ether oxygens (including phenoxy) is 1. The second-order valence-electron chi connectivity index (χ2n) is 6.35. The van der Waals surface area contributed by atoms with Gasteiger partial charge in [0.05, 0.1) is 5.01 Å². The molecule has 0 aromatic carbocycles. The molecular formula is C15H25N3O2S. The van der Waals surface area contributed by atoms with Gasteiger partial charge in [0.1, 0.15) is 5.60 Å². The van der Waals surface area contributed by atoms with Gasteiger partial charge in [0, 0.05) is 43.7 Å². The van der Waals surface area contributed by atoms with E-state index in [0.29, 0.717) is 0 Å². The fraction of sp³-hybridized carbons (Fsp3) is 0.733. The molecule has 0 aliphatic carbocycles. The Morgan fingerprint density at radius 2 is 2.38 bits per heavy atom. The van der Waals surface area contributed by atoms with Crippen LogP contribution in [0.1, 0.15) is 38.6 Å². The summed E-state index contributed by atoms with van der Waals surface area (Å²) in [4.78, 5) is 18.3. The van der Waals surface area contributed by atoms with Crippen LogP contribution < -0.4 is 5.32 Å². The van der Waals surface area contributed by atoms with Crippen LogP contribution in [-0.4, -0.2) is 47.3 Å². The summed E-state index contributed by atoms with van der Waals surface area (Å²) in [6.07, 6.45) is 4.69. The molecule has 1 aromatic heterocycles. The minimum Gasteiger partial charge on any atom is -0.444 e. The third-order valence-electron chi connectivity index (χ3n) is 3.38. The summed E-state index contributed by atoms with van der Waals surface area (Å²) in [6, 6.07) is 0.246. The summed E-state index contributed by atoms with van der Waals surface area (Å²) in [5, 5.41) is 6.58. The van der Waals surface area contributed by atoms with Gasteiger partial charge in [0.2, 0.25) is 0 Å². The molecule has 118 valence electrons. The average Bonchev–Trinajstić information content (AvgIpc) is 3.04. The summed E-state index contributed by atoms with van der Waals surface area (Å²) in [5.74, 6) is 0. The summed E-state index contributed by atoms with van der Waals surface area (Å²) in [5.41, 5.74) is -0.428. The van der Waals surface area contributed by atoms with Gasteiger partial charge < -0.3 is 15.0 Å². The maximum atomic E-state index is 12.2. The Hall–Kier alpha value is -1.14. The Morgan fingerprint density at radius 1 is 1.57 bits per heavy atom. The number of nitrogens with one attached hydrogen (secondary N) is 1. The lowest BCUT2D eigenvalue weighted by atomic mass is 10.2. The van der Waals surface area contributed by atoms with E-state index >= 15 is 0 Å². The summed E-state index contributed by atoms with van der Waals surface area (Å²) >= 11 is 1.68. The van der Waals surface area contributed by atoms with E-state index in [1.807, 2.05) is 37.2 Å². The number of aromatic nitrogens is 1. The molecule has 0 spiro atoms. The predicted molar refractivity (Wildman–Crippen MR) is 84.6 cm³/mol. The molecule has 2 rings (SSSR count). The highest BCUT2D eigenvalue weighted by Crippen LogP contribution is 2.20. The minimum absolute atomic E-state index is 0.188. The molecule has 6 heteroatoms. The van der Waals surface area contributed by atoms with E-state index in [4.69, 9.17) is 4.74 Å². The zero-order valence-electron chi connectivity index (χ0n) is 13.1. The molecule has 0 bridgehead atoms. The molecule has 21 heavy (non-hydrogen) atoms. The van der Waals surface area contributed by atoms with E-state index in [1.54, 1.807) is 11.3 Å². The van der Waals surface area contributed by atoms with Gasteiger partial charge in [-0.1, -0.05) is 0 Å². The minimum atomic E-state index is -0.428. The van der Waals surface area contributed by atoms with Crippen LogP contribution in [0.4, 0.5) is 4.79 Å². The molecule has 1 fully saturated rings. The highest BCUT2D eigenvalue weighted by atomic mass is 32.1. The van der Waals surface area contributed by atoms with Crippen molar-refractivity contribution in [3.63, 3.8) is 0 Å². The quantitative estimate of drug-likeness (QED) is 0.850. The number of rotatable bonds is 5. The number of thiazole rings is 1. The smallest absolute Gasteiger partial charge is 0.410 e. The van der Waals surface area contributed by atoms with E-state index in [-0.39, 0.29) is 12.1 Å². The fourth-order valence-corrected chi connectivity index (χ4v) is 3.07. The molecule has 5 nitrogen and oxygen atoms in total. The third-order valence-corrected chi connectivity index (χ3v) is 4.22. The SMILES string of the molecule is CC(C)(C)OC(=O)N1CCCC1CNCCc1nccs1. The first-order valence-electron chi connectivity index (χ1n) is 7.54. The summed E-state index contributed by atoms with van der Waals surface area (Å²) < 4.78 is 5.47. The topological polar surface area (TPSA) is 54.5 Å². The Labute approximate surface area is 130 Å². The number of carbonyl (C=O) groups excluding carboxylic acids is 1. The molecule has 1 aromatic rings. The van der Waals surface area contributed by atoms with Gasteiger partial charge >= 0.3 is 6.09 Å². The van der Waals surface area contributed by atoms with E-state index in [9.17, 15) is 4.79 Å². The van der Waals surface area contributed by atoms with Crippen molar-refractivity contribution < 1.29 is 9.53 Å². The van der Waals surface area contributed by atoms with Crippen molar-refractivity contribution in [3.8, 4) is 0 Å². The van der Waals surface area contributed by atoms with Gasteiger partial charge in [-0.15, -0.1) is 11.3 Å². The third kappa shape index (κ3) is 5.28. The number of carbonyl (C=O) groups is 1. The summed E-state index contributed by atoms with van der Waals surface area (Å²) in [7, 11) is 0. The molecule has 1 N–H and O–H groups in total. The lowest BCUT2D eigenvalue weighted by Crippen LogP contribution is -2.44. The van der Waals surface area contributed by atoms with Crippen LogP contribution in [0, 0.1) is 0 Å². The van der Waals surface area contributed by atoms with Crippen molar-refractivity contribution in [1.29, 1.82) is 0 Å². The zero-order chi connectivity index (χ0) is 15.3. The maximum absolute atomic E-state index is 12.2. The van der Waals surface area contributed by atoms with Gasteiger partial charge in [0.25, 0.3) is 0 Å². The van der Waals surface area contributed by atoms with Gasteiger partial charge in [-0.25, -0.2) is 9.78 Å². The first kappa shape index (κ1) is 16.2. The number of likely N-dealkylation sites (tertiary alicyclic amines) is 1. The molecule has 0 saturated carbocycles. The highest BCUT2D eigenvalue weighted by molar-refractivity contribution is 7.09. The van der Waals surface area contributed by atoms with Crippen LogP contribution in [0.15, 0.2) is 11.6 Å². The standard InChI is InChI=1S/C15H25N3O2S/c1-15(2,3)20-14(19)18-9-4-5-12(18)11-16-7-6-13-17-8-10-21-13/h8,10,12,16H,4-7,9,11H2,1-3H3. The van der Waals surface area contributed by atoms with Crippen LogP contribution in [0.5, 0.6) is 0 Å². The Bertz CT molecular complexity index is 442. The van der Waals surface area contributed by atoms with Gasteiger partial charge in [0.15, 0.2) is 0 Å². The Kier molecular flexibility index (Phi) is 5.58. The first-order valence-corrected chi connectivity index (χ1v) is 8.42. The Balaban J connectivity index is 1.72. The van der Waals surface area contributed by atoms with Gasteiger partial charge in [-0.2, -0.15) is 0 Å². The lowest BCUT2D eigenvalue weighted by molar-refractivity contribution is 0.0227. The van der Waals surface area contributed by atoms with E-state index in [1.165, 1.54) is 0 Å². The van der Waals surface area contributed by atoms with Crippen LogP contribution in [0.2, 0.25) is 0 Å².